The van der Waals surface area contributed by atoms with E-state index in [0.29, 0.717) is 16.9 Å². The molecule has 2 aliphatic rings. The van der Waals surface area contributed by atoms with E-state index in [2.05, 4.69) is 10.6 Å². The summed E-state index contributed by atoms with van der Waals surface area (Å²) in [5.41, 5.74) is 0.282. The largest absolute Gasteiger partial charge is 0.454 e. The minimum Gasteiger partial charge on any atom is -0.454 e. The Morgan fingerprint density at radius 3 is 2.67 bits per heavy atom. The quantitative estimate of drug-likeness (QED) is 0.698. The summed E-state index contributed by atoms with van der Waals surface area (Å²) in [5, 5.41) is 5.68. The molecule has 146 valence electrons. The Hall–Kier alpha value is -2.08. The minimum absolute atomic E-state index is 0.0893. The van der Waals surface area contributed by atoms with Crippen LogP contribution in [0.25, 0.3) is 0 Å². The van der Waals surface area contributed by atoms with Crippen LogP contribution in [-0.4, -0.2) is 37.0 Å². The van der Waals surface area contributed by atoms with Gasteiger partial charge in [0.2, 0.25) is 0 Å². The van der Waals surface area contributed by atoms with Crippen LogP contribution >= 0.6 is 11.6 Å². The summed E-state index contributed by atoms with van der Waals surface area (Å²) < 4.78 is 4.95. The maximum atomic E-state index is 12.0. The summed E-state index contributed by atoms with van der Waals surface area (Å²) in [5.74, 6) is 0.617. The monoisotopic (exact) mass is 392 g/mol. The van der Waals surface area contributed by atoms with Gasteiger partial charge in [-0.25, -0.2) is 0 Å². The van der Waals surface area contributed by atoms with E-state index in [1.54, 1.807) is 24.3 Å². The third kappa shape index (κ3) is 5.01. The standard InChI is InChI=1S/C20H25ClN2O4/c1-12(16-9-13-6-7-14(16)8-13)23-18(24)11-27-19(25)10-22-20(26)15-4-2-3-5-17(15)21/h2-5,12-14,16H,6-11H2,1H3,(H,22,26)(H,23,24)/t12-,13-,14-,16+/m0/s1. The van der Waals surface area contributed by atoms with E-state index in [9.17, 15) is 14.4 Å². The van der Waals surface area contributed by atoms with Crippen molar-refractivity contribution in [1.82, 2.24) is 10.6 Å². The molecule has 1 aromatic rings. The first-order valence-electron chi connectivity index (χ1n) is 9.41. The molecule has 0 aromatic heterocycles. The number of fused-ring (bicyclic) bond motifs is 2. The lowest BCUT2D eigenvalue weighted by molar-refractivity contribution is -0.147. The Morgan fingerprint density at radius 1 is 1.22 bits per heavy atom. The van der Waals surface area contributed by atoms with Crippen molar-refractivity contribution in [3.8, 4) is 0 Å². The predicted molar refractivity (Wildman–Crippen MR) is 101 cm³/mol. The Morgan fingerprint density at radius 2 is 2.00 bits per heavy atom. The molecule has 0 spiro atoms. The molecule has 27 heavy (non-hydrogen) atoms. The first-order valence-corrected chi connectivity index (χ1v) is 9.79. The van der Waals surface area contributed by atoms with Gasteiger partial charge in [-0.15, -0.1) is 0 Å². The molecule has 2 amide bonds. The van der Waals surface area contributed by atoms with Gasteiger partial charge < -0.3 is 15.4 Å². The number of carbonyl (C=O) groups is 3. The van der Waals surface area contributed by atoms with Crippen LogP contribution in [0.2, 0.25) is 5.02 Å². The highest BCUT2D eigenvalue weighted by Crippen LogP contribution is 2.49. The summed E-state index contributed by atoms with van der Waals surface area (Å²) >= 11 is 5.93. The van der Waals surface area contributed by atoms with E-state index in [4.69, 9.17) is 16.3 Å². The lowest BCUT2D eigenvalue weighted by atomic mass is 9.84. The predicted octanol–water partition coefficient (Wildman–Crippen LogP) is 2.55. The summed E-state index contributed by atoms with van der Waals surface area (Å²) in [7, 11) is 0. The molecule has 0 aliphatic heterocycles. The van der Waals surface area contributed by atoms with Gasteiger partial charge in [-0.3, -0.25) is 14.4 Å². The molecule has 2 bridgehead atoms. The number of hydrogen-bond donors (Lipinski definition) is 2. The molecule has 0 heterocycles. The second-order valence-electron chi connectivity index (χ2n) is 7.52. The average Bonchev–Trinajstić information content (AvgIpc) is 3.28. The van der Waals surface area contributed by atoms with Crippen molar-refractivity contribution in [2.24, 2.45) is 17.8 Å². The van der Waals surface area contributed by atoms with Crippen molar-refractivity contribution in [2.75, 3.05) is 13.2 Å². The van der Waals surface area contributed by atoms with Crippen molar-refractivity contribution in [3.05, 3.63) is 34.9 Å². The van der Waals surface area contributed by atoms with Gasteiger partial charge in [0.05, 0.1) is 10.6 Å². The Kier molecular flexibility index (Phi) is 6.37. The molecule has 4 atom stereocenters. The number of halogens is 1. The number of amides is 2. The van der Waals surface area contributed by atoms with Gasteiger partial charge in [0, 0.05) is 6.04 Å². The van der Waals surface area contributed by atoms with Gasteiger partial charge in [0.25, 0.3) is 11.8 Å². The topological polar surface area (TPSA) is 84.5 Å². The lowest BCUT2D eigenvalue weighted by Gasteiger charge is -2.28. The SMILES string of the molecule is C[C@H](NC(=O)COC(=O)CNC(=O)c1ccccc1Cl)[C@H]1C[C@H]2CC[C@H]1C2. The van der Waals surface area contributed by atoms with E-state index >= 15 is 0 Å². The highest BCUT2D eigenvalue weighted by molar-refractivity contribution is 6.33. The summed E-state index contributed by atoms with van der Waals surface area (Å²) in [4.78, 5) is 35.8. The fraction of sp³-hybridized carbons (Fsp3) is 0.550. The lowest BCUT2D eigenvalue weighted by Crippen LogP contribution is -2.42. The molecule has 2 saturated carbocycles. The van der Waals surface area contributed by atoms with E-state index in [0.717, 1.165) is 5.92 Å². The maximum Gasteiger partial charge on any atom is 0.325 e. The van der Waals surface area contributed by atoms with Crippen LogP contribution in [0.3, 0.4) is 0 Å². The summed E-state index contributed by atoms with van der Waals surface area (Å²) in [6.45, 7) is 1.36. The zero-order valence-corrected chi connectivity index (χ0v) is 16.1. The molecule has 7 heteroatoms. The normalized spacial score (nSPS) is 24.3. The minimum atomic E-state index is -0.668. The molecule has 0 radical (unpaired) electrons. The summed E-state index contributed by atoms with van der Waals surface area (Å²) in [6.07, 6.45) is 5.04. The number of esters is 1. The van der Waals surface area contributed by atoms with Gasteiger partial charge in [-0.2, -0.15) is 0 Å². The van der Waals surface area contributed by atoms with Crippen molar-refractivity contribution >= 4 is 29.4 Å². The third-order valence-electron chi connectivity index (χ3n) is 5.70. The van der Waals surface area contributed by atoms with Gasteiger partial charge in [0.1, 0.15) is 6.54 Å². The second-order valence-corrected chi connectivity index (χ2v) is 7.93. The van der Waals surface area contributed by atoms with Crippen molar-refractivity contribution < 1.29 is 19.1 Å². The highest BCUT2D eigenvalue weighted by Gasteiger charge is 2.42. The molecule has 6 nitrogen and oxygen atoms in total. The van der Waals surface area contributed by atoms with Crippen molar-refractivity contribution in [3.63, 3.8) is 0 Å². The Bertz CT molecular complexity index is 724. The molecule has 2 N–H and O–H groups in total. The maximum absolute atomic E-state index is 12.0. The van der Waals surface area contributed by atoms with Crippen LogP contribution in [0, 0.1) is 17.8 Å². The van der Waals surface area contributed by atoms with Crippen molar-refractivity contribution in [1.29, 1.82) is 0 Å². The van der Waals surface area contributed by atoms with Crippen LogP contribution in [0.4, 0.5) is 0 Å². The molecular weight excluding hydrogens is 368 g/mol. The molecule has 2 aliphatic carbocycles. The second kappa shape index (κ2) is 8.74. The fourth-order valence-corrected chi connectivity index (χ4v) is 4.62. The fourth-order valence-electron chi connectivity index (χ4n) is 4.40. The van der Waals surface area contributed by atoms with Crippen LogP contribution in [-0.2, 0) is 14.3 Å². The van der Waals surface area contributed by atoms with Gasteiger partial charge >= 0.3 is 5.97 Å². The average molecular weight is 393 g/mol. The van der Waals surface area contributed by atoms with Crippen LogP contribution in [0.1, 0.15) is 43.0 Å². The zero-order chi connectivity index (χ0) is 19.4. The highest BCUT2D eigenvalue weighted by atomic mass is 35.5. The number of rotatable bonds is 7. The molecule has 0 saturated heterocycles. The van der Waals surface area contributed by atoms with E-state index in [-0.39, 0.29) is 30.7 Å². The first kappa shape index (κ1) is 19.7. The molecule has 2 fully saturated rings. The first-order chi connectivity index (χ1) is 12.9. The molecule has 1 aromatic carbocycles. The number of carbonyl (C=O) groups excluding carboxylic acids is 3. The van der Waals surface area contributed by atoms with Crippen LogP contribution in [0.15, 0.2) is 24.3 Å². The number of benzene rings is 1. The molecule has 3 rings (SSSR count). The van der Waals surface area contributed by atoms with Crippen LogP contribution in [0.5, 0.6) is 0 Å². The number of nitrogens with one attached hydrogen (secondary N) is 2. The molecular formula is C20H25ClN2O4. The number of ether oxygens (including phenoxy) is 1. The summed E-state index contributed by atoms with van der Waals surface area (Å²) in [6, 6.07) is 6.64. The van der Waals surface area contributed by atoms with E-state index in [1.165, 1.54) is 25.7 Å². The van der Waals surface area contributed by atoms with Crippen molar-refractivity contribution in [2.45, 2.75) is 38.6 Å². The Balaban J connectivity index is 1.35. The zero-order valence-electron chi connectivity index (χ0n) is 15.4. The van der Waals surface area contributed by atoms with Gasteiger partial charge in [-0.1, -0.05) is 30.2 Å². The van der Waals surface area contributed by atoms with Crippen LogP contribution < -0.4 is 10.6 Å². The van der Waals surface area contributed by atoms with Gasteiger partial charge in [0.15, 0.2) is 6.61 Å². The van der Waals surface area contributed by atoms with E-state index in [1.807, 2.05) is 6.92 Å². The molecule has 0 unspecified atom stereocenters. The third-order valence-corrected chi connectivity index (χ3v) is 6.03. The Labute approximate surface area is 164 Å². The smallest absolute Gasteiger partial charge is 0.325 e. The number of hydrogen-bond acceptors (Lipinski definition) is 4. The van der Waals surface area contributed by atoms with E-state index < -0.39 is 11.9 Å². The van der Waals surface area contributed by atoms with Gasteiger partial charge in [-0.05, 0) is 56.1 Å².